The van der Waals surface area contributed by atoms with Crippen molar-refractivity contribution in [3.63, 3.8) is 0 Å². The number of piperidine rings is 1. The lowest BCUT2D eigenvalue weighted by Crippen LogP contribution is -2.44. The predicted octanol–water partition coefficient (Wildman–Crippen LogP) is 2.22. The number of nitrogens with two attached hydrogens (primary N) is 1. The van der Waals surface area contributed by atoms with Crippen LogP contribution in [0.4, 0.5) is 0 Å². The molecule has 0 aromatic heterocycles. The number of sulfonamides is 1. The van der Waals surface area contributed by atoms with Gasteiger partial charge in [0.05, 0.1) is 11.5 Å². The number of nitrogens with zero attached hydrogens (tertiary/aromatic N) is 1. The number of benzene rings is 1. The minimum Gasteiger partial charge on any atom is -0.494 e. The smallest absolute Gasteiger partial charge is 0.243 e. The highest BCUT2D eigenvalue weighted by Gasteiger charge is 2.31. The molecule has 2 rings (SSSR count). The fraction of sp³-hybridized carbons (Fsp3) is 0.625. The number of hydrogen-bond donors (Lipinski definition) is 1. The Labute approximate surface area is 133 Å². The predicted molar refractivity (Wildman–Crippen MR) is 87.4 cm³/mol. The standard InChI is InChI=1S/C16H26N2O3S/c1-3-11-21-15-6-8-16(9-7-15)22(19,20)18-10-4-5-14(12-18)13(2)17/h6-9,13-14H,3-5,10-12,17H2,1-2H3. The summed E-state index contributed by atoms with van der Waals surface area (Å²) in [5, 5.41) is 0. The van der Waals surface area contributed by atoms with Gasteiger partial charge in [0.15, 0.2) is 0 Å². The SMILES string of the molecule is CCCOc1ccc(S(=O)(=O)N2CCCC(C(C)N)C2)cc1. The van der Waals surface area contributed by atoms with Crippen LogP contribution in [0.5, 0.6) is 5.75 Å². The minimum absolute atomic E-state index is 0.0165. The van der Waals surface area contributed by atoms with Crippen LogP contribution in [0, 0.1) is 5.92 Å². The van der Waals surface area contributed by atoms with Crippen LogP contribution < -0.4 is 10.5 Å². The maximum Gasteiger partial charge on any atom is 0.243 e. The van der Waals surface area contributed by atoms with Crippen LogP contribution in [0.2, 0.25) is 0 Å². The van der Waals surface area contributed by atoms with E-state index in [0.717, 1.165) is 19.3 Å². The van der Waals surface area contributed by atoms with Gasteiger partial charge >= 0.3 is 0 Å². The van der Waals surface area contributed by atoms with E-state index in [1.807, 2.05) is 13.8 Å². The monoisotopic (exact) mass is 326 g/mol. The molecule has 1 saturated heterocycles. The van der Waals surface area contributed by atoms with Crippen molar-refractivity contribution in [3.05, 3.63) is 24.3 Å². The summed E-state index contributed by atoms with van der Waals surface area (Å²) >= 11 is 0. The topological polar surface area (TPSA) is 72.6 Å². The number of rotatable bonds is 6. The minimum atomic E-state index is -3.44. The van der Waals surface area contributed by atoms with Crippen LogP contribution in [-0.4, -0.2) is 38.5 Å². The lowest BCUT2D eigenvalue weighted by Gasteiger charge is -2.33. The average Bonchev–Trinajstić information content (AvgIpc) is 2.53. The Kier molecular flexibility index (Phi) is 5.83. The molecule has 1 heterocycles. The van der Waals surface area contributed by atoms with Crippen molar-refractivity contribution in [2.24, 2.45) is 11.7 Å². The van der Waals surface area contributed by atoms with E-state index in [1.165, 1.54) is 0 Å². The molecular weight excluding hydrogens is 300 g/mol. The summed E-state index contributed by atoms with van der Waals surface area (Å²) in [6.07, 6.45) is 2.78. The second-order valence-electron chi connectivity index (χ2n) is 5.94. The molecule has 0 saturated carbocycles. The summed E-state index contributed by atoms with van der Waals surface area (Å²) in [6.45, 7) is 5.69. The van der Waals surface area contributed by atoms with Gasteiger partial charge in [0, 0.05) is 19.1 Å². The molecule has 5 nitrogen and oxygen atoms in total. The number of ether oxygens (including phenoxy) is 1. The van der Waals surface area contributed by atoms with Gasteiger partial charge in [-0.15, -0.1) is 0 Å². The van der Waals surface area contributed by atoms with Crippen molar-refractivity contribution in [1.29, 1.82) is 0 Å². The summed E-state index contributed by atoms with van der Waals surface area (Å²) < 4.78 is 32.5. The normalized spacial score (nSPS) is 21.5. The Morgan fingerprint density at radius 3 is 2.64 bits per heavy atom. The molecule has 0 amide bonds. The molecule has 1 aromatic carbocycles. The third-order valence-electron chi connectivity index (χ3n) is 4.10. The zero-order valence-electron chi connectivity index (χ0n) is 13.4. The molecule has 22 heavy (non-hydrogen) atoms. The summed E-state index contributed by atoms with van der Waals surface area (Å²) in [5.41, 5.74) is 5.94. The average molecular weight is 326 g/mol. The second-order valence-corrected chi connectivity index (χ2v) is 7.88. The molecule has 6 heteroatoms. The van der Waals surface area contributed by atoms with Gasteiger partial charge in [-0.2, -0.15) is 4.31 Å². The molecule has 2 unspecified atom stereocenters. The fourth-order valence-corrected chi connectivity index (χ4v) is 4.23. The largest absolute Gasteiger partial charge is 0.494 e. The van der Waals surface area contributed by atoms with Crippen molar-refractivity contribution < 1.29 is 13.2 Å². The van der Waals surface area contributed by atoms with Crippen LogP contribution >= 0.6 is 0 Å². The van der Waals surface area contributed by atoms with E-state index in [0.29, 0.717) is 30.3 Å². The first kappa shape index (κ1) is 17.2. The highest BCUT2D eigenvalue weighted by atomic mass is 32.2. The highest BCUT2D eigenvalue weighted by molar-refractivity contribution is 7.89. The molecule has 0 bridgehead atoms. The summed E-state index contributed by atoms with van der Waals surface area (Å²) in [5.74, 6) is 0.934. The van der Waals surface area contributed by atoms with E-state index in [4.69, 9.17) is 10.5 Å². The van der Waals surface area contributed by atoms with E-state index >= 15 is 0 Å². The molecule has 1 aromatic rings. The van der Waals surface area contributed by atoms with Crippen molar-refractivity contribution in [1.82, 2.24) is 4.31 Å². The summed E-state index contributed by atoms with van der Waals surface area (Å²) in [6, 6.07) is 6.69. The highest BCUT2D eigenvalue weighted by Crippen LogP contribution is 2.26. The molecular formula is C16H26N2O3S. The van der Waals surface area contributed by atoms with Crippen LogP contribution in [0.25, 0.3) is 0 Å². The van der Waals surface area contributed by atoms with Gasteiger partial charge in [0.25, 0.3) is 0 Å². The third-order valence-corrected chi connectivity index (χ3v) is 5.98. The van der Waals surface area contributed by atoms with Crippen molar-refractivity contribution in [2.75, 3.05) is 19.7 Å². The first-order chi connectivity index (χ1) is 10.4. The molecule has 0 spiro atoms. The Morgan fingerprint density at radius 1 is 1.36 bits per heavy atom. The van der Waals surface area contributed by atoms with E-state index < -0.39 is 10.0 Å². The van der Waals surface area contributed by atoms with Gasteiger partial charge in [0.2, 0.25) is 10.0 Å². The van der Waals surface area contributed by atoms with Crippen LogP contribution in [0.3, 0.4) is 0 Å². The molecule has 0 radical (unpaired) electrons. The van der Waals surface area contributed by atoms with Crippen LogP contribution in [-0.2, 0) is 10.0 Å². The first-order valence-electron chi connectivity index (χ1n) is 7.93. The lowest BCUT2D eigenvalue weighted by atomic mass is 9.93. The molecule has 1 fully saturated rings. The molecule has 2 atom stereocenters. The quantitative estimate of drug-likeness (QED) is 0.870. The van der Waals surface area contributed by atoms with Gasteiger partial charge in [-0.05, 0) is 56.4 Å². The van der Waals surface area contributed by atoms with Crippen molar-refractivity contribution in [3.8, 4) is 5.75 Å². The van der Waals surface area contributed by atoms with Crippen molar-refractivity contribution >= 4 is 10.0 Å². The zero-order valence-corrected chi connectivity index (χ0v) is 14.2. The van der Waals surface area contributed by atoms with E-state index in [2.05, 4.69) is 0 Å². The fourth-order valence-electron chi connectivity index (χ4n) is 2.70. The summed E-state index contributed by atoms with van der Waals surface area (Å²) in [4.78, 5) is 0.321. The van der Waals surface area contributed by atoms with Gasteiger partial charge < -0.3 is 10.5 Å². The second kappa shape index (κ2) is 7.44. The molecule has 1 aliphatic rings. The summed E-state index contributed by atoms with van der Waals surface area (Å²) in [7, 11) is -3.44. The van der Waals surface area contributed by atoms with Gasteiger partial charge in [-0.1, -0.05) is 6.92 Å². The molecule has 2 N–H and O–H groups in total. The van der Waals surface area contributed by atoms with E-state index in [-0.39, 0.29) is 12.0 Å². The van der Waals surface area contributed by atoms with Crippen LogP contribution in [0.1, 0.15) is 33.1 Å². The maximum absolute atomic E-state index is 12.7. The van der Waals surface area contributed by atoms with E-state index in [9.17, 15) is 8.42 Å². The Hall–Kier alpha value is -1.11. The molecule has 1 aliphatic heterocycles. The molecule has 0 aliphatic carbocycles. The van der Waals surface area contributed by atoms with Gasteiger partial charge in [-0.25, -0.2) is 8.42 Å². The Bertz CT molecular complexity index is 570. The zero-order chi connectivity index (χ0) is 16.2. The Morgan fingerprint density at radius 2 is 2.05 bits per heavy atom. The Balaban J connectivity index is 2.12. The van der Waals surface area contributed by atoms with Crippen LogP contribution in [0.15, 0.2) is 29.2 Å². The molecule has 124 valence electrons. The van der Waals surface area contributed by atoms with Gasteiger partial charge in [0.1, 0.15) is 5.75 Å². The first-order valence-corrected chi connectivity index (χ1v) is 9.37. The maximum atomic E-state index is 12.7. The van der Waals surface area contributed by atoms with Crippen molar-refractivity contribution in [2.45, 2.75) is 44.0 Å². The van der Waals surface area contributed by atoms with E-state index in [1.54, 1.807) is 28.6 Å². The van der Waals surface area contributed by atoms with Gasteiger partial charge in [-0.3, -0.25) is 0 Å². The third kappa shape index (κ3) is 4.00. The lowest BCUT2D eigenvalue weighted by molar-refractivity contribution is 0.243. The number of hydrogen-bond acceptors (Lipinski definition) is 4.